The van der Waals surface area contributed by atoms with Gasteiger partial charge in [-0.1, -0.05) is 19.8 Å². The summed E-state index contributed by atoms with van der Waals surface area (Å²) in [5, 5.41) is 20.4. The maximum absolute atomic E-state index is 13.7. The molecule has 0 spiro atoms. The third-order valence-electron chi connectivity index (χ3n) is 6.03. The zero-order valence-corrected chi connectivity index (χ0v) is 21.0. The van der Waals surface area contributed by atoms with Crippen LogP contribution in [0.2, 0.25) is 0 Å². The van der Waals surface area contributed by atoms with Crippen LogP contribution in [0.15, 0.2) is 66.7 Å². The van der Waals surface area contributed by atoms with Gasteiger partial charge < -0.3 is 19.8 Å². The SMILES string of the molecule is CCCCCN(C)CCOc1ccc(C(=O)c2c(-c3ccc(O)cc3)sc3cc(O)ccc23)cc1. The number of thiophene rings is 1. The minimum atomic E-state index is -0.0905. The Kier molecular flexibility index (Phi) is 8.06. The summed E-state index contributed by atoms with van der Waals surface area (Å²) in [6.45, 7) is 4.73. The molecule has 0 saturated heterocycles. The summed E-state index contributed by atoms with van der Waals surface area (Å²) in [6, 6.07) is 19.2. The zero-order chi connectivity index (χ0) is 24.8. The normalized spacial score (nSPS) is 11.3. The lowest BCUT2D eigenvalue weighted by Gasteiger charge is -2.16. The Hall–Kier alpha value is -3.35. The van der Waals surface area contributed by atoms with Crippen molar-refractivity contribution < 1.29 is 19.7 Å². The van der Waals surface area contributed by atoms with E-state index in [1.807, 2.05) is 12.1 Å². The highest BCUT2D eigenvalue weighted by atomic mass is 32.1. The van der Waals surface area contributed by atoms with Crippen LogP contribution in [0.25, 0.3) is 20.5 Å². The van der Waals surface area contributed by atoms with Crippen molar-refractivity contribution in [1.82, 2.24) is 4.90 Å². The summed E-state index contributed by atoms with van der Waals surface area (Å²) >= 11 is 1.45. The minimum absolute atomic E-state index is 0.0905. The molecule has 0 radical (unpaired) electrons. The molecule has 0 amide bonds. The number of carbonyl (C=O) groups excluding carboxylic acids is 1. The summed E-state index contributed by atoms with van der Waals surface area (Å²) in [5.41, 5.74) is 2.01. The Balaban J connectivity index is 1.53. The van der Waals surface area contributed by atoms with Crippen LogP contribution >= 0.6 is 11.3 Å². The molecule has 0 saturated carbocycles. The van der Waals surface area contributed by atoms with E-state index in [1.54, 1.807) is 54.6 Å². The van der Waals surface area contributed by atoms with Crippen LogP contribution in [-0.2, 0) is 0 Å². The van der Waals surface area contributed by atoms with E-state index in [1.165, 1.54) is 30.6 Å². The van der Waals surface area contributed by atoms with Crippen molar-refractivity contribution in [2.24, 2.45) is 0 Å². The van der Waals surface area contributed by atoms with Gasteiger partial charge in [0.1, 0.15) is 23.9 Å². The average molecular weight is 490 g/mol. The van der Waals surface area contributed by atoms with Crippen molar-refractivity contribution >= 4 is 27.2 Å². The molecule has 0 fully saturated rings. The highest BCUT2D eigenvalue weighted by Crippen LogP contribution is 2.41. The summed E-state index contributed by atoms with van der Waals surface area (Å²) in [5.74, 6) is 0.977. The smallest absolute Gasteiger partial charge is 0.195 e. The molecule has 6 heteroatoms. The average Bonchev–Trinajstić information content (AvgIpc) is 3.23. The monoisotopic (exact) mass is 489 g/mol. The Morgan fingerprint density at radius 3 is 2.34 bits per heavy atom. The first kappa shape index (κ1) is 24.8. The topological polar surface area (TPSA) is 70.0 Å². The van der Waals surface area contributed by atoms with Crippen molar-refractivity contribution in [2.75, 3.05) is 26.7 Å². The molecule has 0 bridgehead atoms. The second-order valence-corrected chi connectivity index (χ2v) is 9.80. The molecule has 0 unspecified atom stereocenters. The number of aromatic hydroxyl groups is 2. The van der Waals surface area contributed by atoms with Gasteiger partial charge in [0, 0.05) is 32.6 Å². The number of unbranched alkanes of at least 4 members (excludes halogenated alkanes) is 2. The molecule has 0 atom stereocenters. The maximum atomic E-state index is 13.7. The molecule has 35 heavy (non-hydrogen) atoms. The highest BCUT2D eigenvalue weighted by Gasteiger charge is 2.22. The Morgan fingerprint density at radius 2 is 1.63 bits per heavy atom. The molecular formula is C29H31NO4S. The minimum Gasteiger partial charge on any atom is -0.508 e. The third kappa shape index (κ3) is 6.02. The lowest BCUT2D eigenvalue weighted by atomic mass is 9.97. The van der Waals surface area contributed by atoms with Crippen molar-refractivity contribution in [3.8, 4) is 27.7 Å². The van der Waals surface area contributed by atoms with Gasteiger partial charge in [-0.25, -0.2) is 0 Å². The second kappa shape index (κ2) is 11.4. The number of carbonyl (C=O) groups is 1. The van der Waals surface area contributed by atoms with Crippen molar-refractivity contribution in [2.45, 2.75) is 26.2 Å². The van der Waals surface area contributed by atoms with Gasteiger partial charge in [0.2, 0.25) is 0 Å². The number of phenols is 2. The summed E-state index contributed by atoms with van der Waals surface area (Å²) in [4.78, 5) is 16.7. The number of nitrogens with zero attached hydrogens (tertiary/aromatic N) is 1. The van der Waals surface area contributed by atoms with Gasteiger partial charge in [-0.05, 0) is 92.3 Å². The summed E-state index contributed by atoms with van der Waals surface area (Å²) in [7, 11) is 2.11. The molecule has 1 aromatic heterocycles. The quantitative estimate of drug-likeness (QED) is 0.181. The van der Waals surface area contributed by atoms with Crippen LogP contribution in [-0.4, -0.2) is 47.6 Å². The zero-order valence-electron chi connectivity index (χ0n) is 20.2. The van der Waals surface area contributed by atoms with Gasteiger partial charge in [0.25, 0.3) is 0 Å². The van der Waals surface area contributed by atoms with E-state index in [9.17, 15) is 15.0 Å². The number of fused-ring (bicyclic) bond motifs is 1. The first-order valence-electron chi connectivity index (χ1n) is 12.0. The van der Waals surface area contributed by atoms with Crippen LogP contribution < -0.4 is 4.74 Å². The van der Waals surface area contributed by atoms with Crippen molar-refractivity contribution in [1.29, 1.82) is 0 Å². The molecule has 0 aliphatic heterocycles. The van der Waals surface area contributed by atoms with Gasteiger partial charge in [-0.2, -0.15) is 0 Å². The van der Waals surface area contributed by atoms with E-state index in [2.05, 4.69) is 18.9 Å². The molecular weight excluding hydrogens is 458 g/mol. The fourth-order valence-corrected chi connectivity index (χ4v) is 5.27. The first-order chi connectivity index (χ1) is 17.0. The number of phenolic OH excluding ortho intramolecular Hbond substituents is 2. The van der Waals surface area contributed by atoms with Gasteiger partial charge in [0.15, 0.2) is 5.78 Å². The number of rotatable bonds is 11. The molecule has 4 rings (SSSR count). The first-order valence-corrected chi connectivity index (χ1v) is 12.8. The Bertz CT molecular complexity index is 1280. The van der Waals surface area contributed by atoms with Crippen LogP contribution in [0.1, 0.15) is 42.1 Å². The molecule has 4 aromatic rings. The predicted molar refractivity (Wildman–Crippen MR) is 143 cm³/mol. The van der Waals surface area contributed by atoms with E-state index in [0.29, 0.717) is 17.7 Å². The lowest BCUT2D eigenvalue weighted by molar-refractivity contribution is 0.104. The van der Waals surface area contributed by atoms with E-state index >= 15 is 0 Å². The molecule has 182 valence electrons. The van der Waals surface area contributed by atoms with Crippen LogP contribution in [0, 0.1) is 0 Å². The number of ketones is 1. The van der Waals surface area contributed by atoms with Crippen LogP contribution in [0.3, 0.4) is 0 Å². The summed E-state index contributed by atoms with van der Waals surface area (Å²) < 4.78 is 6.73. The fourth-order valence-electron chi connectivity index (χ4n) is 4.04. The highest BCUT2D eigenvalue weighted by molar-refractivity contribution is 7.22. The van der Waals surface area contributed by atoms with Gasteiger partial charge in [0.05, 0.1) is 0 Å². The van der Waals surface area contributed by atoms with Crippen molar-refractivity contribution in [3.63, 3.8) is 0 Å². The second-order valence-electron chi connectivity index (χ2n) is 8.75. The Morgan fingerprint density at radius 1 is 0.914 bits per heavy atom. The van der Waals surface area contributed by atoms with E-state index in [4.69, 9.17) is 4.74 Å². The number of hydrogen-bond donors (Lipinski definition) is 2. The summed E-state index contributed by atoms with van der Waals surface area (Å²) in [6.07, 6.45) is 3.66. The van der Waals surface area contributed by atoms with E-state index in [0.717, 1.165) is 39.4 Å². The number of hydrogen-bond acceptors (Lipinski definition) is 6. The van der Waals surface area contributed by atoms with E-state index in [-0.39, 0.29) is 17.3 Å². The number of benzene rings is 3. The molecule has 0 aliphatic rings. The van der Waals surface area contributed by atoms with Crippen LogP contribution in [0.4, 0.5) is 0 Å². The standard InChI is InChI=1S/C29H31NO4S/c1-3-4-5-16-30(2)17-18-34-24-13-8-20(9-14-24)28(33)27-25-15-12-23(32)19-26(25)35-29(27)21-6-10-22(31)11-7-21/h6-15,19,31-32H,3-5,16-18H2,1-2H3. The molecule has 3 aromatic carbocycles. The van der Waals surface area contributed by atoms with Gasteiger partial charge >= 0.3 is 0 Å². The molecule has 0 aliphatic carbocycles. The molecule has 2 N–H and O–H groups in total. The van der Waals surface area contributed by atoms with Gasteiger partial charge in [-0.15, -0.1) is 11.3 Å². The fraction of sp³-hybridized carbons (Fsp3) is 0.276. The number of likely N-dealkylation sites (N-methyl/N-ethyl adjacent to an activating group) is 1. The van der Waals surface area contributed by atoms with Crippen LogP contribution in [0.5, 0.6) is 17.2 Å². The Labute approximate surface area is 210 Å². The lowest BCUT2D eigenvalue weighted by Crippen LogP contribution is -2.25. The predicted octanol–water partition coefficient (Wildman–Crippen LogP) is 6.71. The van der Waals surface area contributed by atoms with E-state index < -0.39 is 0 Å². The van der Waals surface area contributed by atoms with Gasteiger partial charge in [-0.3, -0.25) is 4.79 Å². The third-order valence-corrected chi connectivity index (χ3v) is 7.23. The largest absolute Gasteiger partial charge is 0.508 e. The van der Waals surface area contributed by atoms with Crippen molar-refractivity contribution in [3.05, 3.63) is 77.9 Å². The molecule has 5 nitrogen and oxygen atoms in total. The number of ether oxygens (including phenoxy) is 1. The molecule has 1 heterocycles. The maximum Gasteiger partial charge on any atom is 0.195 e.